The van der Waals surface area contributed by atoms with Crippen molar-refractivity contribution in [1.82, 2.24) is 14.5 Å². The second kappa shape index (κ2) is 5.28. The van der Waals surface area contributed by atoms with Crippen LogP contribution in [-0.2, 0) is 6.54 Å². The number of nitrogens with zero attached hydrogens (tertiary/aromatic N) is 3. The predicted octanol–water partition coefficient (Wildman–Crippen LogP) is 2.71. The van der Waals surface area contributed by atoms with Gasteiger partial charge in [0, 0.05) is 22.7 Å². The number of halogens is 1. The van der Waals surface area contributed by atoms with Crippen molar-refractivity contribution in [2.45, 2.75) is 32.4 Å². The molecule has 1 aromatic heterocycles. The monoisotopic (exact) mass is 370 g/mol. The molecule has 1 aliphatic carbocycles. The third kappa shape index (κ3) is 2.72. The van der Waals surface area contributed by atoms with Crippen LogP contribution in [0.1, 0.15) is 19.8 Å². The Kier molecular flexibility index (Phi) is 3.66. The molecule has 0 radical (unpaired) electrons. The van der Waals surface area contributed by atoms with Crippen molar-refractivity contribution >= 4 is 39.6 Å². The molecule has 5 heteroatoms. The Hall–Kier alpha value is -0.820. The molecule has 19 heavy (non-hydrogen) atoms. The van der Waals surface area contributed by atoms with Gasteiger partial charge in [-0.1, -0.05) is 6.92 Å². The van der Waals surface area contributed by atoms with Crippen LogP contribution in [-0.4, -0.2) is 33.6 Å². The summed E-state index contributed by atoms with van der Waals surface area (Å²) in [5.41, 5.74) is 8.20. The number of hydrogen-bond donors (Lipinski definition) is 1. The van der Waals surface area contributed by atoms with Gasteiger partial charge in [-0.3, -0.25) is 4.90 Å². The van der Waals surface area contributed by atoms with Crippen molar-refractivity contribution < 1.29 is 0 Å². The molecule has 102 valence electrons. The first kappa shape index (κ1) is 13.2. The Morgan fingerprint density at radius 1 is 1.47 bits per heavy atom. The third-order valence-corrected chi connectivity index (χ3v) is 4.49. The largest absolute Gasteiger partial charge is 0.369 e. The topological polar surface area (TPSA) is 47.1 Å². The molecule has 2 N–H and O–H groups in total. The predicted molar refractivity (Wildman–Crippen MR) is 87.1 cm³/mol. The van der Waals surface area contributed by atoms with Crippen LogP contribution >= 0.6 is 22.6 Å². The number of likely N-dealkylation sites (N-methyl/N-ethyl adjacent to an activating group) is 1. The van der Waals surface area contributed by atoms with E-state index in [0.717, 1.165) is 36.7 Å². The lowest BCUT2D eigenvalue weighted by atomic mass is 10.3. The number of nitrogen functional groups attached to an aromatic ring is 1. The molecule has 2 aromatic rings. The Morgan fingerprint density at radius 3 is 2.95 bits per heavy atom. The van der Waals surface area contributed by atoms with Crippen LogP contribution in [0.5, 0.6) is 0 Å². The van der Waals surface area contributed by atoms with Crippen LogP contribution in [0.15, 0.2) is 18.2 Å². The highest BCUT2D eigenvalue weighted by Crippen LogP contribution is 2.27. The average Bonchev–Trinajstić information content (AvgIpc) is 3.16. The summed E-state index contributed by atoms with van der Waals surface area (Å²) in [6.07, 6.45) is 2.71. The summed E-state index contributed by atoms with van der Waals surface area (Å²) in [4.78, 5) is 7.00. The Morgan fingerprint density at radius 2 is 2.26 bits per heavy atom. The number of hydrogen-bond acceptors (Lipinski definition) is 3. The molecule has 4 nitrogen and oxygen atoms in total. The van der Waals surface area contributed by atoms with Gasteiger partial charge in [0.2, 0.25) is 5.95 Å². The number of aromatic nitrogens is 2. The first-order valence-electron chi connectivity index (χ1n) is 6.84. The third-order valence-electron chi connectivity index (χ3n) is 3.82. The van der Waals surface area contributed by atoms with Crippen molar-refractivity contribution in [2.75, 3.05) is 18.8 Å². The fraction of sp³-hybridized carbons (Fsp3) is 0.500. The zero-order valence-electron chi connectivity index (χ0n) is 11.1. The van der Waals surface area contributed by atoms with E-state index in [2.05, 4.69) is 62.2 Å². The highest BCUT2D eigenvalue weighted by atomic mass is 127. The quantitative estimate of drug-likeness (QED) is 0.824. The lowest BCUT2D eigenvalue weighted by molar-refractivity contribution is 0.268. The molecular weight excluding hydrogens is 351 g/mol. The van der Waals surface area contributed by atoms with Crippen molar-refractivity contribution in [1.29, 1.82) is 0 Å². The van der Waals surface area contributed by atoms with E-state index >= 15 is 0 Å². The smallest absolute Gasteiger partial charge is 0.201 e. The Labute approximate surface area is 127 Å². The molecule has 0 bridgehead atoms. The standard InChI is InChI=1S/C14H19IN4/c1-2-18(11-4-5-11)7-8-19-13-6-3-10(15)9-12(13)17-14(19)16/h3,6,9,11H,2,4-5,7-8H2,1H3,(H2,16,17). The van der Waals surface area contributed by atoms with Crippen LogP contribution in [0.4, 0.5) is 5.95 Å². The molecule has 0 saturated heterocycles. The summed E-state index contributed by atoms with van der Waals surface area (Å²) in [6, 6.07) is 7.12. The minimum atomic E-state index is 0.629. The molecular formula is C14H19IN4. The number of anilines is 1. The second-order valence-electron chi connectivity index (χ2n) is 5.11. The number of fused-ring (bicyclic) bond motifs is 1. The van der Waals surface area contributed by atoms with E-state index in [9.17, 15) is 0 Å². The maximum absolute atomic E-state index is 6.05. The molecule has 1 fully saturated rings. The average molecular weight is 370 g/mol. The van der Waals surface area contributed by atoms with Gasteiger partial charge in [-0.15, -0.1) is 0 Å². The van der Waals surface area contributed by atoms with Crippen LogP contribution in [0.25, 0.3) is 11.0 Å². The van der Waals surface area contributed by atoms with Crippen molar-refractivity contribution in [2.24, 2.45) is 0 Å². The Balaban J connectivity index is 1.81. The van der Waals surface area contributed by atoms with Crippen molar-refractivity contribution in [3.63, 3.8) is 0 Å². The molecule has 0 atom stereocenters. The van der Waals surface area contributed by atoms with Crippen LogP contribution in [0.3, 0.4) is 0 Å². The van der Waals surface area contributed by atoms with Gasteiger partial charge in [-0.05, 0) is 60.2 Å². The zero-order valence-corrected chi connectivity index (χ0v) is 13.3. The SMILES string of the molecule is CCN(CCn1c(N)nc2cc(I)ccc21)C1CC1. The van der Waals surface area contributed by atoms with Gasteiger partial charge in [0.1, 0.15) is 0 Å². The number of rotatable bonds is 5. The van der Waals surface area contributed by atoms with E-state index in [0.29, 0.717) is 5.95 Å². The van der Waals surface area contributed by atoms with Crippen LogP contribution < -0.4 is 5.73 Å². The molecule has 1 aromatic carbocycles. The van der Waals surface area contributed by atoms with E-state index in [1.54, 1.807) is 0 Å². The van der Waals surface area contributed by atoms with Crippen molar-refractivity contribution in [3.05, 3.63) is 21.8 Å². The van der Waals surface area contributed by atoms with E-state index in [-0.39, 0.29) is 0 Å². The molecule has 0 spiro atoms. The summed E-state index contributed by atoms with van der Waals surface area (Å²) in [5, 5.41) is 0. The zero-order chi connectivity index (χ0) is 13.4. The molecule has 3 rings (SSSR count). The van der Waals surface area contributed by atoms with E-state index in [4.69, 9.17) is 5.73 Å². The summed E-state index contributed by atoms with van der Waals surface area (Å²) < 4.78 is 3.33. The van der Waals surface area contributed by atoms with Gasteiger partial charge in [-0.2, -0.15) is 0 Å². The minimum Gasteiger partial charge on any atom is -0.369 e. The lowest BCUT2D eigenvalue weighted by Crippen LogP contribution is -2.29. The van der Waals surface area contributed by atoms with Gasteiger partial charge in [0.15, 0.2) is 0 Å². The molecule has 1 saturated carbocycles. The maximum atomic E-state index is 6.05. The van der Waals surface area contributed by atoms with E-state index in [1.807, 2.05) is 0 Å². The van der Waals surface area contributed by atoms with Gasteiger partial charge in [-0.25, -0.2) is 4.98 Å². The van der Waals surface area contributed by atoms with Gasteiger partial charge in [0.25, 0.3) is 0 Å². The molecule has 0 unspecified atom stereocenters. The molecule has 1 heterocycles. The summed E-state index contributed by atoms with van der Waals surface area (Å²) in [6.45, 7) is 5.33. The summed E-state index contributed by atoms with van der Waals surface area (Å²) >= 11 is 2.31. The molecule has 0 aliphatic heterocycles. The van der Waals surface area contributed by atoms with E-state index < -0.39 is 0 Å². The van der Waals surface area contributed by atoms with E-state index in [1.165, 1.54) is 16.4 Å². The molecule has 1 aliphatic rings. The first-order chi connectivity index (χ1) is 9.19. The summed E-state index contributed by atoms with van der Waals surface area (Å²) in [5.74, 6) is 0.629. The van der Waals surface area contributed by atoms with Crippen LogP contribution in [0.2, 0.25) is 0 Å². The van der Waals surface area contributed by atoms with Crippen LogP contribution in [0, 0.1) is 3.57 Å². The highest BCUT2D eigenvalue weighted by molar-refractivity contribution is 14.1. The lowest BCUT2D eigenvalue weighted by Gasteiger charge is -2.20. The number of imidazole rings is 1. The first-order valence-corrected chi connectivity index (χ1v) is 7.92. The molecule has 0 amide bonds. The highest BCUT2D eigenvalue weighted by Gasteiger charge is 2.27. The fourth-order valence-corrected chi connectivity index (χ4v) is 3.10. The number of nitrogens with two attached hydrogens (primary N) is 1. The Bertz CT molecular complexity index is 588. The summed E-state index contributed by atoms with van der Waals surface area (Å²) in [7, 11) is 0. The van der Waals surface area contributed by atoms with Crippen molar-refractivity contribution in [3.8, 4) is 0 Å². The van der Waals surface area contributed by atoms with Gasteiger partial charge >= 0.3 is 0 Å². The fourth-order valence-electron chi connectivity index (χ4n) is 2.62. The normalized spacial score (nSPS) is 15.5. The van der Waals surface area contributed by atoms with Gasteiger partial charge in [0.05, 0.1) is 11.0 Å². The van der Waals surface area contributed by atoms with Gasteiger partial charge < -0.3 is 10.3 Å². The number of benzene rings is 1. The minimum absolute atomic E-state index is 0.629. The second-order valence-corrected chi connectivity index (χ2v) is 6.36. The maximum Gasteiger partial charge on any atom is 0.201 e.